The van der Waals surface area contributed by atoms with E-state index in [0.29, 0.717) is 31.9 Å². The van der Waals surface area contributed by atoms with Gasteiger partial charge in [0.2, 0.25) is 0 Å². The summed E-state index contributed by atoms with van der Waals surface area (Å²) in [6, 6.07) is 9.42. The van der Waals surface area contributed by atoms with Crippen molar-refractivity contribution in [2.24, 2.45) is 0 Å². The summed E-state index contributed by atoms with van der Waals surface area (Å²) in [5.74, 6) is 0.899. The molecule has 2 aromatic rings. The Kier molecular flexibility index (Phi) is 6.30. The van der Waals surface area contributed by atoms with Crippen molar-refractivity contribution in [1.82, 2.24) is 9.80 Å². The summed E-state index contributed by atoms with van der Waals surface area (Å²) in [6.45, 7) is 10.7. The van der Waals surface area contributed by atoms with E-state index in [9.17, 15) is 9.59 Å². The van der Waals surface area contributed by atoms with Gasteiger partial charge in [0, 0.05) is 26.2 Å². The van der Waals surface area contributed by atoms with Crippen molar-refractivity contribution < 1.29 is 18.7 Å². The number of hydrogen-bond acceptors (Lipinski definition) is 4. The van der Waals surface area contributed by atoms with Crippen molar-refractivity contribution in [2.45, 2.75) is 39.5 Å². The molecule has 1 aliphatic rings. The zero-order valence-corrected chi connectivity index (χ0v) is 17.7. The summed E-state index contributed by atoms with van der Waals surface area (Å²) in [6.07, 6.45) is 2.23. The average Bonchev–Trinajstić information content (AvgIpc) is 3.10. The molecule has 1 saturated heterocycles. The monoisotopic (exact) mass is 398 g/mol. The van der Waals surface area contributed by atoms with Crippen molar-refractivity contribution in [2.75, 3.05) is 32.8 Å². The maximum absolute atomic E-state index is 12.7. The lowest BCUT2D eigenvalue weighted by Gasteiger charge is -2.25. The predicted molar refractivity (Wildman–Crippen MR) is 111 cm³/mol. The molecule has 0 aliphatic carbocycles. The minimum absolute atomic E-state index is 0.00172. The van der Waals surface area contributed by atoms with Crippen LogP contribution in [0.25, 0.3) is 0 Å². The number of rotatable bonds is 4. The summed E-state index contributed by atoms with van der Waals surface area (Å²) in [5, 5.41) is 0. The fraction of sp³-hybridized carbons (Fsp3) is 0.478. The summed E-state index contributed by atoms with van der Waals surface area (Å²) in [5.41, 5.74) is 2.19. The number of carbonyl (C=O) groups excluding carboxylic acids is 2. The van der Waals surface area contributed by atoms with Gasteiger partial charge in [-0.1, -0.05) is 38.5 Å². The molecule has 0 bridgehead atoms. The Morgan fingerprint density at radius 2 is 1.79 bits per heavy atom. The molecule has 0 N–H and O–H groups in total. The van der Waals surface area contributed by atoms with Gasteiger partial charge in [-0.15, -0.1) is 0 Å². The average molecular weight is 399 g/mol. The van der Waals surface area contributed by atoms with Crippen LogP contribution >= 0.6 is 0 Å². The Labute approximate surface area is 172 Å². The van der Waals surface area contributed by atoms with Gasteiger partial charge in [0.15, 0.2) is 12.4 Å². The second-order valence-electron chi connectivity index (χ2n) is 8.54. The molecule has 0 unspecified atom stereocenters. The molecule has 0 atom stereocenters. The summed E-state index contributed by atoms with van der Waals surface area (Å²) >= 11 is 0. The third kappa shape index (κ3) is 5.19. The van der Waals surface area contributed by atoms with Crippen LogP contribution in [0.2, 0.25) is 0 Å². The second-order valence-corrected chi connectivity index (χ2v) is 8.54. The molecule has 1 fully saturated rings. The van der Waals surface area contributed by atoms with Gasteiger partial charge < -0.3 is 19.0 Å². The first-order chi connectivity index (χ1) is 13.8. The summed E-state index contributed by atoms with van der Waals surface area (Å²) in [4.78, 5) is 28.7. The first kappa shape index (κ1) is 21.0. The third-order valence-electron chi connectivity index (χ3n) is 5.16. The van der Waals surface area contributed by atoms with Gasteiger partial charge in [0.05, 0.1) is 6.26 Å². The molecule has 1 aromatic carbocycles. The van der Waals surface area contributed by atoms with Crippen LogP contribution in [-0.2, 0) is 10.2 Å². The van der Waals surface area contributed by atoms with Crippen LogP contribution in [0.5, 0.6) is 5.75 Å². The molecule has 29 heavy (non-hydrogen) atoms. The van der Waals surface area contributed by atoms with Gasteiger partial charge in [-0.25, -0.2) is 0 Å². The van der Waals surface area contributed by atoms with Crippen LogP contribution in [-0.4, -0.2) is 54.4 Å². The van der Waals surface area contributed by atoms with Gasteiger partial charge in [-0.3, -0.25) is 9.59 Å². The molecule has 156 valence electrons. The van der Waals surface area contributed by atoms with Crippen LogP contribution in [0.1, 0.15) is 48.9 Å². The number of ether oxygens (including phenoxy) is 1. The molecule has 0 spiro atoms. The Balaban J connectivity index is 1.59. The molecule has 2 amide bonds. The van der Waals surface area contributed by atoms with E-state index in [2.05, 4.69) is 33.8 Å². The molecule has 2 heterocycles. The zero-order valence-electron chi connectivity index (χ0n) is 17.7. The fourth-order valence-electron chi connectivity index (χ4n) is 3.51. The van der Waals surface area contributed by atoms with Gasteiger partial charge in [0.1, 0.15) is 5.75 Å². The van der Waals surface area contributed by atoms with Gasteiger partial charge in [-0.05, 0) is 42.5 Å². The SMILES string of the molecule is Cc1ccc(OCC(=O)N2CCCN(C(=O)c3ccco3)CC2)c(C(C)(C)C)c1. The minimum atomic E-state index is -0.130. The summed E-state index contributed by atoms with van der Waals surface area (Å²) < 4.78 is 11.1. The van der Waals surface area contributed by atoms with Crippen LogP contribution in [0.3, 0.4) is 0 Å². The topological polar surface area (TPSA) is 63.0 Å². The molecular weight excluding hydrogens is 368 g/mol. The molecule has 3 rings (SSSR count). The normalized spacial score (nSPS) is 15.2. The number of furan rings is 1. The van der Waals surface area contributed by atoms with Crippen molar-refractivity contribution in [3.05, 3.63) is 53.5 Å². The van der Waals surface area contributed by atoms with Crippen molar-refractivity contribution in [3.63, 3.8) is 0 Å². The highest BCUT2D eigenvalue weighted by Crippen LogP contribution is 2.32. The number of amides is 2. The van der Waals surface area contributed by atoms with E-state index in [1.54, 1.807) is 21.9 Å². The lowest BCUT2D eigenvalue weighted by Crippen LogP contribution is -2.39. The smallest absolute Gasteiger partial charge is 0.289 e. The van der Waals surface area contributed by atoms with Gasteiger partial charge in [-0.2, -0.15) is 0 Å². The Bertz CT molecular complexity index is 852. The molecule has 1 aromatic heterocycles. The maximum Gasteiger partial charge on any atom is 0.289 e. The molecule has 0 radical (unpaired) electrons. The van der Waals surface area contributed by atoms with Crippen LogP contribution < -0.4 is 4.74 Å². The quantitative estimate of drug-likeness (QED) is 0.789. The van der Waals surface area contributed by atoms with Crippen molar-refractivity contribution >= 4 is 11.8 Å². The predicted octanol–water partition coefficient (Wildman–Crippen LogP) is 3.64. The first-order valence-corrected chi connectivity index (χ1v) is 10.1. The highest BCUT2D eigenvalue weighted by molar-refractivity contribution is 5.91. The second kappa shape index (κ2) is 8.72. The first-order valence-electron chi connectivity index (χ1n) is 10.1. The van der Waals surface area contributed by atoms with Gasteiger partial charge in [0.25, 0.3) is 11.8 Å². The molecule has 6 heteroatoms. The largest absolute Gasteiger partial charge is 0.483 e. The third-order valence-corrected chi connectivity index (χ3v) is 5.16. The minimum Gasteiger partial charge on any atom is -0.483 e. The summed E-state index contributed by atoms with van der Waals surface area (Å²) in [7, 11) is 0. The number of aryl methyl sites for hydroxylation is 1. The van der Waals surface area contributed by atoms with E-state index in [1.165, 1.54) is 11.8 Å². The zero-order chi connectivity index (χ0) is 21.0. The fourth-order valence-corrected chi connectivity index (χ4v) is 3.51. The highest BCUT2D eigenvalue weighted by Gasteiger charge is 2.25. The van der Waals surface area contributed by atoms with E-state index < -0.39 is 0 Å². The maximum atomic E-state index is 12.7. The van der Waals surface area contributed by atoms with E-state index in [0.717, 1.165) is 17.7 Å². The molecular formula is C23H30N2O4. The lowest BCUT2D eigenvalue weighted by atomic mass is 9.85. The van der Waals surface area contributed by atoms with Crippen molar-refractivity contribution in [1.29, 1.82) is 0 Å². The number of nitrogens with zero attached hydrogens (tertiary/aromatic N) is 2. The molecule has 6 nitrogen and oxygen atoms in total. The van der Waals surface area contributed by atoms with E-state index in [1.807, 2.05) is 12.1 Å². The number of carbonyl (C=O) groups is 2. The number of benzene rings is 1. The Hall–Kier alpha value is -2.76. The Morgan fingerprint density at radius 1 is 1.07 bits per heavy atom. The molecule has 0 saturated carbocycles. The van der Waals surface area contributed by atoms with Crippen LogP contribution in [0.15, 0.2) is 41.0 Å². The van der Waals surface area contributed by atoms with Crippen LogP contribution in [0, 0.1) is 6.92 Å². The van der Waals surface area contributed by atoms with Crippen LogP contribution in [0.4, 0.5) is 0 Å². The molecule has 1 aliphatic heterocycles. The number of hydrogen-bond donors (Lipinski definition) is 0. The van der Waals surface area contributed by atoms with Gasteiger partial charge >= 0.3 is 0 Å². The Morgan fingerprint density at radius 3 is 2.48 bits per heavy atom. The van der Waals surface area contributed by atoms with E-state index in [4.69, 9.17) is 9.15 Å². The van der Waals surface area contributed by atoms with E-state index in [-0.39, 0.29) is 23.8 Å². The van der Waals surface area contributed by atoms with E-state index >= 15 is 0 Å². The van der Waals surface area contributed by atoms with Crippen molar-refractivity contribution in [3.8, 4) is 5.75 Å². The standard InChI is InChI=1S/C23H30N2O4/c1-17-8-9-19(18(15-17)23(2,3)4)29-16-21(26)24-10-6-11-25(13-12-24)22(27)20-7-5-14-28-20/h5,7-9,14-15H,6,10-13,16H2,1-4H3. The highest BCUT2D eigenvalue weighted by atomic mass is 16.5. The lowest BCUT2D eigenvalue weighted by molar-refractivity contribution is -0.133.